The van der Waals surface area contributed by atoms with Crippen molar-refractivity contribution < 1.29 is 9.53 Å². The Labute approximate surface area is 255 Å². The molecule has 1 amide bonds. The average Bonchev–Trinajstić information content (AvgIpc) is 3.37. The smallest absolute Gasteiger partial charge is 0.237 e. The quantitative estimate of drug-likeness (QED) is 0.208. The van der Waals surface area contributed by atoms with Crippen LogP contribution in [0, 0.1) is 46.8 Å². The van der Waals surface area contributed by atoms with E-state index in [-0.39, 0.29) is 23.9 Å². The van der Waals surface area contributed by atoms with Gasteiger partial charge in [0.05, 0.1) is 11.9 Å². The Kier molecular flexibility index (Phi) is 10.5. The van der Waals surface area contributed by atoms with Gasteiger partial charge in [-0.2, -0.15) is 0 Å². The van der Waals surface area contributed by atoms with Crippen LogP contribution in [0.15, 0.2) is 0 Å². The van der Waals surface area contributed by atoms with E-state index in [9.17, 15) is 4.79 Å². The molecule has 6 rings (SSSR count). The van der Waals surface area contributed by atoms with Gasteiger partial charge >= 0.3 is 0 Å². The second-order valence-corrected chi connectivity index (χ2v) is 15.6. The van der Waals surface area contributed by atoms with Crippen molar-refractivity contribution in [1.82, 2.24) is 10.2 Å². The van der Waals surface area contributed by atoms with Gasteiger partial charge in [-0.3, -0.25) is 15.1 Å². The van der Waals surface area contributed by atoms with E-state index in [2.05, 4.69) is 10.2 Å². The van der Waals surface area contributed by atoms with Crippen LogP contribution in [0.4, 0.5) is 0 Å². The van der Waals surface area contributed by atoms with Gasteiger partial charge in [-0.15, -0.1) is 0 Å². The maximum Gasteiger partial charge on any atom is 0.237 e. The number of rotatable bonds is 9. The summed E-state index contributed by atoms with van der Waals surface area (Å²) in [6, 6.07) is 0.934. The molecular formula is C35H61N5O2. The molecule has 5 saturated carbocycles. The van der Waals surface area contributed by atoms with Crippen molar-refractivity contribution >= 4 is 11.7 Å². The number of nitrogens with two attached hydrogens (primary N) is 2. The Bertz CT molecular complexity index is 900. The maximum atomic E-state index is 13.9. The molecule has 7 heteroatoms. The summed E-state index contributed by atoms with van der Waals surface area (Å²) in [5.74, 6) is 5.08. The zero-order chi connectivity index (χ0) is 29.1. The third-order valence-corrected chi connectivity index (χ3v) is 13.0. The number of amidine groups is 1. The van der Waals surface area contributed by atoms with Crippen molar-refractivity contribution in [2.75, 3.05) is 19.8 Å². The number of hydrogen-bond acceptors (Lipinski definition) is 5. The van der Waals surface area contributed by atoms with Crippen LogP contribution in [-0.4, -0.2) is 60.6 Å². The summed E-state index contributed by atoms with van der Waals surface area (Å²) in [7, 11) is 0. The number of hydrogen-bond donors (Lipinski definition) is 4. The Hall–Kier alpha value is -1.18. The summed E-state index contributed by atoms with van der Waals surface area (Å²) in [5, 5.41) is 11.7. The number of amides is 1. The van der Waals surface area contributed by atoms with Crippen LogP contribution in [0.1, 0.15) is 122 Å². The molecule has 0 radical (unpaired) electrons. The molecule has 0 aromatic carbocycles. The number of nitrogens with one attached hydrogen (secondary N) is 2. The minimum absolute atomic E-state index is 0.0279. The molecule has 0 bridgehead atoms. The monoisotopic (exact) mass is 583 g/mol. The minimum Gasteiger partial charge on any atom is -0.387 e. The number of likely N-dealkylation sites (tertiary alicyclic amines) is 1. The molecule has 0 spiro atoms. The molecule has 6 aliphatic rings. The molecule has 6 N–H and O–H groups in total. The number of nitrogens with zero attached hydrogens (tertiary/aromatic N) is 1. The second-order valence-electron chi connectivity index (χ2n) is 15.6. The molecule has 42 heavy (non-hydrogen) atoms. The first-order valence-electron chi connectivity index (χ1n) is 18.2. The van der Waals surface area contributed by atoms with E-state index in [0.29, 0.717) is 29.8 Å². The maximum absolute atomic E-state index is 13.9. The lowest BCUT2D eigenvalue weighted by Gasteiger charge is -2.48. The molecule has 5 aliphatic carbocycles. The van der Waals surface area contributed by atoms with Crippen molar-refractivity contribution in [3.8, 4) is 0 Å². The van der Waals surface area contributed by atoms with Gasteiger partial charge in [0.1, 0.15) is 0 Å². The van der Waals surface area contributed by atoms with E-state index >= 15 is 0 Å². The molecule has 7 nitrogen and oxygen atoms in total. The number of carbonyl (C=O) groups is 1. The molecule has 0 aromatic heterocycles. The lowest BCUT2D eigenvalue weighted by molar-refractivity contribution is -0.127. The molecule has 6 fully saturated rings. The predicted molar refractivity (Wildman–Crippen MR) is 169 cm³/mol. The van der Waals surface area contributed by atoms with E-state index in [4.69, 9.17) is 21.6 Å². The van der Waals surface area contributed by atoms with Crippen LogP contribution in [0.5, 0.6) is 0 Å². The molecule has 0 aromatic rings. The van der Waals surface area contributed by atoms with Crippen molar-refractivity contribution in [2.45, 2.75) is 146 Å². The van der Waals surface area contributed by atoms with Crippen molar-refractivity contribution in [2.24, 2.45) is 52.9 Å². The zero-order valence-corrected chi connectivity index (χ0v) is 26.3. The Morgan fingerprint density at radius 1 is 0.786 bits per heavy atom. The van der Waals surface area contributed by atoms with Crippen LogP contribution >= 0.6 is 0 Å². The van der Waals surface area contributed by atoms with Crippen LogP contribution in [0.2, 0.25) is 0 Å². The molecule has 8 unspecified atom stereocenters. The first-order valence-corrected chi connectivity index (χ1v) is 18.2. The highest BCUT2D eigenvalue weighted by atomic mass is 16.5. The van der Waals surface area contributed by atoms with E-state index in [0.717, 1.165) is 94.8 Å². The average molecular weight is 584 g/mol. The van der Waals surface area contributed by atoms with Gasteiger partial charge in [0.15, 0.2) is 0 Å². The van der Waals surface area contributed by atoms with Gasteiger partial charge in [-0.25, -0.2) is 0 Å². The van der Waals surface area contributed by atoms with Crippen LogP contribution in [0.25, 0.3) is 0 Å². The third-order valence-electron chi connectivity index (χ3n) is 13.0. The number of ether oxygens (including phenoxy) is 1. The van der Waals surface area contributed by atoms with Crippen LogP contribution in [0.3, 0.4) is 0 Å². The number of carbonyl (C=O) groups excluding carboxylic acids is 1. The van der Waals surface area contributed by atoms with Gasteiger partial charge < -0.3 is 21.5 Å². The highest BCUT2D eigenvalue weighted by Crippen LogP contribution is 2.49. The topological polar surface area (TPSA) is 117 Å². The van der Waals surface area contributed by atoms with Crippen molar-refractivity contribution in [1.29, 1.82) is 5.41 Å². The zero-order valence-electron chi connectivity index (χ0n) is 26.3. The van der Waals surface area contributed by atoms with Gasteiger partial charge in [0.25, 0.3) is 0 Å². The standard InChI is InChI=1S/C35H61N5O2/c36-28-14-16-29(17-15-28)39-35(41)33-18-24-10-11-25(34(37)38)19-32(24)40(33)20-26-12-13-27(31-9-5-4-8-30(26)31)22-42-21-23-6-2-1-3-7-23/h23-33H,1-22,36H2,(H3,37,38)(H,39,41). The normalized spacial score (nSPS) is 41.5. The fraction of sp³-hybridized carbons (Fsp3) is 0.943. The van der Waals surface area contributed by atoms with Crippen molar-refractivity contribution in [3.05, 3.63) is 0 Å². The van der Waals surface area contributed by atoms with Gasteiger partial charge in [0, 0.05) is 43.8 Å². The molecular weight excluding hydrogens is 522 g/mol. The van der Waals surface area contributed by atoms with Crippen LogP contribution < -0.4 is 16.8 Å². The second kappa shape index (κ2) is 14.3. The summed E-state index contributed by atoms with van der Waals surface area (Å²) in [4.78, 5) is 16.6. The summed E-state index contributed by atoms with van der Waals surface area (Å²) in [6.45, 7) is 3.00. The molecule has 1 aliphatic heterocycles. The summed E-state index contributed by atoms with van der Waals surface area (Å²) in [5.41, 5.74) is 12.2. The SMILES string of the molecule is N=C(N)C1CCC2CC(C(=O)NC3CCC(N)CC3)N(CC3CCC(COCC4CCCCC4)C4CCCCC34)C2C1. The van der Waals surface area contributed by atoms with Gasteiger partial charge in [-0.1, -0.05) is 32.1 Å². The van der Waals surface area contributed by atoms with E-state index < -0.39 is 0 Å². The molecule has 8 atom stereocenters. The van der Waals surface area contributed by atoms with Crippen LogP contribution in [-0.2, 0) is 9.53 Å². The van der Waals surface area contributed by atoms with E-state index in [1.807, 2.05) is 0 Å². The Balaban J connectivity index is 1.12. The molecule has 1 heterocycles. The predicted octanol–water partition coefficient (Wildman–Crippen LogP) is 5.60. The van der Waals surface area contributed by atoms with Gasteiger partial charge in [-0.05, 0) is 125 Å². The number of fused-ring (bicyclic) bond motifs is 2. The first kappa shape index (κ1) is 30.8. The lowest BCUT2D eigenvalue weighted by atomic mass is 9.61. The van der Waals surface area contributed by atoms with E-state index in [1.165, 1.54) is 70.6 Å². The largest absolute Gasteiger partial charge is 0.387 e. The van der Waals surface area contributed by atoms with Gasteiger partial charge in [0.2, 0.25) is 5.91 Å². The minimum atomic E-state index is -0.0279. The van der Waals surface area contributed by atoms with Crippen molar-refractivity contribution in [3.63, 3.8) is 0 Å². The summed E-state index contributed by atoms with van der Waals surface area (Å²) in [6.07, 6.45) is 23.0. The fourth-order valence-corrected chi connectivity index (χ4v) is 10.6. The summed E-state index contributed by atoms with van der Waals surface area (Å²) >= 11 is 0. The Morgan fingerprint density at radius 3 is 2.21 bits per heavy atom. The lowest BCUT2D eigenvalue weighted by Crippen LogP contribution is -2.53. The molecule has 1 saturated heterocycles. The fourth-order valence-electron chi connectivity index (χ4n) is 10.6. The third kappa shape index (κ3) is 7.20. The highest BCUT2D eigenvalue weighted by Gasteiger charge is 2.50. The van der Waals surface area contributed by atoms with E-state index in [1.54, 1.807) is 0 Å². The molecule has 238 valence electrons. The Morgan fingerprint density at radius 2 is 1.48 bits per heavy atom. The summed E-state index contributed by atoms with van der Waals surface area (Å²) < 4.78 is 6.46. The first-order chi connectivity index (χ1) is 20.5. The highest BCUT2D eigenvalue weighted by molar-refractivity contribution is 5.83.